The smallest absolute Gasteiger partial charge is 0.267 e. The molecular formula is C35H43F4N7O6S3. The molecule has 0 atom stereocenters. The molecule has 0 saturated heterocycles. The van der Waals surface area contributed by atoms with Crippen LogP contribution in [-0.4, -0.2) is 108 Å². The van der Waals surface area contributed by atoms with Crippen LogP contribution >= 0.6 is 20.1 Å². The number of carbonyl (C=O) groups excluding carboxylic acids is 1. The third-order valence-electron chi connectivity index (χ3n) is 8.16. The van der Waals surface area contributed by atoms with E-state index >= 15 is 13.2 Å². The molecule has 0 spiro atoms. The van der Waals surface area contributed by atoms with Crippen LogP contribution in [0.4, 0.5) is 23.2 Å². The minimum atomic E-state index is -4.75. The van der Waals surface area contributed by atoms with E-state index in [1.807, 2.05) is 4.72 Å². The minimum absolute atomic E-state index is 0.0114. The number of amides is 1. The van der Waals surface area contributed by atoms with Crippen molar-refractivity contribution in [3.63, 3.8) is 0 Å². The third kappa shape index (κ3) is 9.54. The van der Waals surface area contributed by atoms with Crippen molar-refractivity contribution in [1.29, 1.82) is 0 Å². The van der Waals surface area contributed by atoms with Gasteiger partial charge in [-0.2, -0.15) is 5.10 Å². The van der Waals surface area contributed by atoms with Gasteiger partial charge in [0.05, 0.1) is 44.0 Å². The van der Waals surface area contributed by atoms with E-state index in [0.29, 0.717) is 19.3 Å². The Hall–Kier alpha value is -4.37. The van der Waals surface area contributed by atoms with Gasteiger partial charge in [-0.15, -0.1) is 0 Å². The van der Waals surface area contributed by atoms with E-state index in [0.717, 1.165) is 43.0 Å². The lowest BCUT2D eigenvalue weighted by Crippen LogP contribution is -2.19. The maximum atomic E-state index is 16.9. The van der Waals surface area contributed by atoms with Crippen molar-refractivity contribution >= 4 is 52.6 Å². The summed E-state index contributed by atoms with van der Waals surface area (Å²) in [5.74, 6) is -4.45. The average Bonchev–Trinajstić information content (AvgIpc) is 3.68. The molecule has 0 saturated carbocycles. The number of nitrogens with one attached hydrogen (secondary N) is 1. The summed E-state index contributed by atoms with van der Waals surface area (Å²) in [6, 6.07) is 4.66. The van der Waals surface area contributed by atoms with Gasteiger partial charge in [0.25, 0.3) is 15.9 Å². The summed E-state index contributed by atoms with van der Waals surface area (Å²) < 4.78 is 110. The highest BCUT2D eigenvalue weighted by Gasteiger charge is 2.29. The molecule has 0 aliphatic carbocycles. The van der Waals surface area contributed by atoms with Gasteiger partial charge < -0.3 is 19.9 Å². The second kappa shape index (κ2) is 16.4. The largest absolute Gasteiger partial charge is 0.480 e. The van der Waals surface area contributed by atoms with Crippen LogP contribution in [0.5, 0.6) is 5.88 Å². The summed E-state index contributed by atoms with van der Waals surface area (Å²) >= 11 is 0. The number of hydrogen-bond donors (Lipinski definition) is 2. The van der Waals surface area contributed by atoms with Crippen molar-refractivity contribution in [3.8, 4) is 28.5 Å². The number of methoxy groups -OCH3 is 1. The van der Waals surface area contributed by atoms with Crippen LogP contribution in [0, 0.1) is 23.3 Å². The molecule has 5 rings (SSSR count). The van der Waals surface area contributed by atoms with Gasteiger partial charge >= 0.3 is 0 Å². The first-order chi connectivity index (χ1) is 25.7. The molecule has 300 valence electrons. The number of sulfonamides is 1. The zero-order chi connectivity index (χ0) is 40.5. The summed E-state index contributed by atoms with van der Waals surface area (Å²) in [6.45, 7) is 0.289. The molecule has 0 aliphatic heterocycles. The van der Waals surface area contributed by atoms with Crippen LogP contribution in [0.1, 0.15) is 10.5 Å². The normalized spacial score (nSPS) is 13.0. The fraction of sp³-hybridized carbons (Fsp3) is 0.371. The molecule has 0 fully saturated rings. The Balaban J connectivity index is 1.63. The van der Waals surface area contributed by atoms with E-state index in [1.54, 1.807) is 0 Å². The number of nitrogens with zero attached hydrogens (tertiary/aromatic N) is 5. The summed E-state index contributed by atoms with van der Waals surface area (Å²) in [5, 5.41) is 4.75. The molecule has 1 amide bonds. The monoisotopic (exact) mass is 829 g/mol. The van der Waals surface area contributed by atoms with Crippen molar-refractivity contribution in [1.82, 2.24) is 24.3 Å². The van der Waals surface area contributed by atoms with Crippen molar-refractivity contribution in [2.75, 3.05) is 74.1 Å². The Kier molecular flexibility index (Phi) is 12.5. The van der Waals surface area contributed by atoms with Crippen molar-refractivity contribution in [2.45, 2.75) is 18.4 Å². The molecule has 5 aromatic rings. The van der Waals surface area contributed by atoms with Crippen LogP contribution in [0.2, 0.25) is 0 Å². The molecule has 3 heterocycles. The number of hydrogen-bond acceptors (Lipinski definition) is 9. The first kappa shape index (κ1) is 41.8. The topological polar surface area (TPSA) is 165 Å². The molecule has 55 heavy (non-hydrogen) atoms. The Bertz CT molecular complexity index is 2340. The lowest BCUT2D eigenvalue weighted by molar-refractivity contribution is 0.0822. The van der Waals surface area contributed by atoms with E-state index in [4.69, 9.17) is 19.9 Å². The number of imidazole rings is 1. The molecule has 0 unspecified atom stereocenters. The standard InChI is InChI=1S/C35H43F4N7O6S3/c1-50-35-27(16-21(36)17-42-35)55(48,49)44-25-11-10-24(37)28(30(25)39)22-8-9-23-31(43-46(32(23)29(22)38)20-52-13-15-54(5,6)7)34-41-18-26(33(40)47)45(34)19-51-12-14-53(2,3)4/h8-11,16-18,44H,12-15,19-20H2,1-7H3,(H2,40,47). The summed E-state index contributed by atoms with van der Waals surface area (Å²) in [7, 11) is -5.49. The molecule has 0 aliphatic rings. The van der Waals surface area contributed by atoms with Crippen LogP contribution in [0.25, 0.3) is 33.5 Å². The Morgan fingerprint density at radius 2 is 1.53 bits per heavy atom. The van der Waals surface area contributed by atoms with Crippen molar-refractivity contribution in [2.24, 2.45) is 5.73 Å². The highest BCUT2D eigenvalue weighted by atomic mass is 32.3. The second-order valence-corrected chi connectivity index (χ2v) is 25.0. The lowest BCUT2D eigenvalue weighted by Gasteiger charge is -2.24. The SMILES string of the molecule is COc1ncc(F)cc1S(=O)(=O)Nc1ccc(F)c(-c2ccc3c(-c4ncc(C(N)=O)n4COCCS(C)(C)C)nn(COCCS(C)(C)C)c3c2F)c1F. The second-order valence-electron chi connectivity index (χ2n) is 14.1. The molecule has 13 nitrogen and oxygen atoms in total. The highest BCUT2D eigenvalue weighted by molar-refractivity contribution is 8.32. The first-order valence-corrected chi connectivity index (χ1v) is 24.0. The zero-order valence-corrected chi connectivity index (χ0v) is 33.7. The minimum Gasteiger partial charge on any atom is -0.480 e. The zero-order valence-electron chi connectivity index (χ0n) is 31.3. The molecule has 2 aromatic carbocycles. The van der Waals surface area contributed by atoms with Gasteiger partial charge in [-0.25, -0.2) is 60.7 Å². The Morgan fingerprint density at radius 1 is 0.873 bits per heavy atom. The maximum Gasteiger partial charge on any atom is 0.267 e. The average molecular weight is 830 g/mol. The number of benzene rings is 2. The van der Waals surface area contributed by atoms with Crippen LogP contribution in [0.15, 0.2) is 47.6 Å². The number of carbonyl (C=O) groups is 1. The summed E-state index contributed by atoms with van der Waals surface area (Å²) in [5.41, 5.74) is 3.31. The van der Waals surface area contributed by atoms with Gasteiger partial charge in [0.15, 0.2) is 22.4 Å². The Morgan fingerprint density at radius 3 is 2.15 bits per heavy atom. The molecule has 3 aromatic heterocycles. The molecular weight excluding hydrogens is 787 g/mol. The van der Waals surface area contributed by atoms with E-state index < -0.39 is 86.8 Å². The van der Waals surface area contributed by atoms with Gasteiger partial charge in [0.1, 0.15) is 42.0 Å². The highest BCUT2D eigenvalue weighted by Crippen LogP contribution is 2.39. The van der Waals surface area contributed by atoms with Crippen LogP contribution in [-0.2, 0) is 33.0 Å². The van der Waals surface area contributed by atoms with Gasteiger partial charge in [-0.1, -0.05) is 6.07 Å². The molecule has 3 N–H and O–H groups in total. The number of ether oxygens (including phenoxy) is 3. The fourth-order valence-electron chi connectivity index (χ4n) is 5.33. The number of anilines is 1. The number of nitrogens with two attached hydrogens (primary N) is 1. The number of halogens is 4. The Labute approximate surface area is 319 Å². The summed E-state index contributed by atoms with van der Waals surface area (Å²) in [4.78, 5) is 19.6. The number of fused-ring (bicyclic) bond motifs is 1. The van der Waals surface area contributed by atoms with Crippen molar-refractivity contribution < 1.29 is 45.0 Å². The van der Waals surface area contributed by atoms with E-state index in [-0.39, 0.29) is 41.6 Å². The summed E-state index contributed by atoms with van der Waals surface area (Å²) in [6.07, 6.45) is 14.7. The van der Waals surface area contributed by atoms with Gasteiger partial charge in [-0.05, 0) is 55.7 Å². The predicted molar refractivity (Wildman–Crippen MR) is 209 cm³/mol. The molecule has 20 heteroatoms. The number of aromatic nitrogens is 5. The van der Waals surface area contributed by atoms with E-state index in [2.05, 4.69) is 52.6 Å². The lowest BCUT2D eigenvalue weighted by atomic mass is 10.0. The maximum absolute atomic E-state index is 16.9. The fourth-order valence-corrected chi connectivity index (χ4v) is 7.76. The first-order valence-electron chi connectivity index (χ1n) is 16.5. The van der Waals surface area contributed by atoms with Crippen LogP contribution < -0.4 is 15.2 Å². The number of primary amides is 1. The van der Waals surface area contributed by atoms with E-state index in [1.165, 1.54) is 21.5 Å². The number of rotatable bonds is 17. The van der Waals surface area contributed by atoms with Crippen LogP contribution in [0.3, 0.4) is 0 Å². The van der Waals surface area contributed by atoms with Gasteiger partial charge in [0.2, 0.25) is 5.88 Å². The molecule has 0 radical (unpaired) electrons. The van der Waals surface area contributed by atoms with E-state index in [9.17, 15) is 17.6 Å². The molecule has 0 bridgehead atoms. The quantitative estimate of drug-likeness (QED) is 0.0876. The van der Waals surface area contributed by atoms with Crippen molar-refractivity contribution in [3.05, 3.63) is 71.7 Å². The predicted octanol–water partition coefficient (Wildman–Crippen LogP) is 5.76. The van der Waals surface area contributed by atoms with Gasteiger partial charge in [0, 0.05) is 28.5 Å². The van der Waals surface area contributed by atoms with Gasteiger partial charge in [-0.3, -0.25) is 14.1 Å². The third-order valence-corrected chi connectivity index (χ3v) is 12.3. The number of pyridine rings is 1.